The van der Waals surface area contributed by atoms with E-state index in [1.54, 1.807) is 7.11 Å². The van der Waals surface area contributed by atoms with Gasteiger partial charge in [0.05, 0.1) is 6.61 Å². The summed E-state index contributed by atoms with van der Waals surface area (Å²) in [4.78, 5) is 0. The van der Waals surface area contributed by atoms with Crippen LogP contribution in [0.3, 0.4) is 0 Å². The molecule has 3 N–H and O–H groups in total. The first kappa shape index (κ1) is 13.5. The van der Waals surface area contributed by atoms with Crippen LogP contribution in [0.1, 0.15) is 12.8 Å². The van der Waals surface area contributed by atoms with Crippen LogP contribution in [0.15, 0.2) is 28.7 Å². The van der Waals surface area contributed by atoms with Crippen molar-refractivity contribution in [3.63, 3.8) is 0 Å². The molecule has 0 bridgehead atoms. The molecule has 0 saturated carbocycles. The molecule has 1 unspecified atom stereocenters. The van der Waals surface area contributed by atoms with Crippen molar-refractivity contribution in [1.29, 1.82) is 0 Å². The van der Waals surface area contributed by atoms with Crippen LogP contribution in [-0.2, 0) is 4.74 Å². The third-order valence-electron chi connectivity index (χ3n) is 2.36. The second-order valence-corrected chi connectivity index (χ2v) is 4.56. The van der Waals surface area contributed by atoms with Gasteiger partial charge in [0.1, 0.15) is 0 Å². The first-order valence-electron chi connectivity index (χ1n) is 5.48. The summed E-state index contributed by atoms with van der Waals surface area (Å²) < 4.78 is 6.27. The zero-order chi connectivity index (χ0) is 11.8. The zero-order valence-corrected chi connectivity index (χ0v) is 11.2. The molecule has 0 aliphatic carbocycles. The Hall–Kier alpha value is -0.580. The van der Waals surface area contributed by atoms with E-state index >= 15 is 0 Å². The lowest BCUT2D eigenvalue weighted by Gasteiger charge is -2.19. The number of benzene rings is 1. The lowest BCUT2D eigenvalue weighted by atomic mass is 10.1. The fraction of sp³-hybridized carbons (Fsp3) is 0.500. The maximum atomic E-state index is 5.52. The third-order valence-corrected chi connectivity index (χ3v) is 3.05. The lowest BCUT2D eigenvalue weighted by molar-refractivity contribution is 0.182. The molecule has 0 aliphatic heterocycles. The minimum atomic E-state index is 0.312. The molecule has 3 nitrogen and oxygen atoms in total. The highest BCUT2D eigenvalue weighted by molar-refractivity contribution is 9.10. The van der Waals surface area contributed by atoms with E-state index in [-0.39, 0.29) is 0 Å². The Kier molecular flexibility index (Phi) is 6.45. The molecule has 0 aliphatic rings. The number of halogens is 1. The van der Waals surface area contributed by atoms with Gasteiger partial charge in [-0.1, -0.05) is 12.1 Å². The summed E-state index contributed by atoms with van der Waals surface area (Å²) in [5, 5.41) is 3.46. The minimum Gasteiger partial charge on any atom is -0.383 e. The predicted octanol–water partition coefficient (Wildman–Crippen LogP) is 2.61. The molecule has 0 spiro atoms. The number of para-hydroxylation sites is 1. The summed E-state index contributed by atoms with van der Waals surface area (Å²) in [5.41, 5.74) is 6.62. The van der Waals surface area contributed by atoms with Gasteiger partial charge in [0.2, 0.25) is 0 Å². The maximum absolute atomic E-state index is 5.52. The third kappa shape index (κ3) is 4.51. The van der Waals surface area contributed by atoms with Crippen molar-refractivity contribution in [2.24, 2.45) is 5.73 Å². The van der Waals surface area contributed by atoms with Crippen molar-refractivity contribution in [3.8, 4) is 0 Å². The van der Waals surface area contributed by atoms with Crippen LogP contribution in [-0.4, -0.2) is 26.3 Å². The number of methoxy groups -OCH3 is 1. The molecule has 0 fully saturated rings. The average molecular weight is 287 g/mol. The highest BCUT2D eigenvalue weighted by Gasteiger charge is 2.09. The molecule has 4 heteroatoms. The van der Waals surface area contributed by atoms with Crippen LogP contribution in [0.2, 0.25) is 0 Å². The van der Waals surface area contributed by atoms with Gasteiger partial charge in [0.15, 0.2) is 0 Å². The van der Waals surface area contributed by atoms with E-state index in [0.717, 1.165) is 29.5 Å². The summed E-state index contributed by atoms with van der Waals surface area (Å²) in [7, 11) is 1.72. The molecule has 0 aromatic heterocycles. The Morgan fingerprint density at radius 2 is 2.19 bits per heavy atom. The summed E-state index contributed by atoms with van der Waals surface area (Å²) in [5.74, 6) is 0. The highest BCUT2D eigenvalue weighted by atomic mass is 79.9. The summed E-state index contributed by atoms with van der Waals surface area (Å²) in [6.45, 7) is 1.42. The Labute approximate surface area is 105 Å². The lowest BCUT2D eigenvalue weighted by Crippen LogP contribution is -2.26. The van der Waals surface area contributed by atoms with Gasteiger partial charge in [0, 0.05) is 23.3 Å². The highest BCUT2D eigenvalue weighted by Crippen LogP contribution is 2.22. The summed E-state index contributed by atoms with van der Waals surface area (Å²) >= 11 is 3.52. The quantitative estimate of drug-likeness (QED) is 0.810. The molecule has 90 valence electrons. The van der Waals surface area contributed by atoms with Crippen LogP contribution in [0, 0.1) is 0 Å². The number of hydrogen-bond donors (Lipinski definition) is 2. The smallest absolute Gasteiger partial charge is 0.0664 e. The Morgan fingerprint density at radius 1 is 1.44 bits per heavy atom. The molecule has 1 aromatic carbocycles. The van der Waals surface area contributed by atoms with E-state index < -0.39 is 0 Å². The molecular formula is C12H19BrN2O. The van der Waals surface area contributed by atoms with Gasteiger partial charge in [-0.3, -0.25) is 0 Å². The average Bonchev–Trinajstić information content (AvgIpc) is 2.29. The Bertz CT molecular complexity index is 307. The van der Waals surface area contributed by atoms with Crippen molar-refractivity contribution >= 4 is 21.6 Å². The van der Waals surface area contributed by atoms with Crippen LogP contribution in [0.4, 0.5) is 5.69 Å². The van der Waals surface area contributed by atoms with Gasteiger partial charge in [-0.25, -0.2) is 0 Å². The largest absolute Gasteiger partial charge is 0.383 e. The van der Waals surface area contributed by atoms with E-state index in [0.29, 0.717) is 12.6 Å². The van der Waals surface area contributed by atoms with Crippen LogP contribution in [0.5, 0.6) is 0 Å². The van der Waals surface area contributed by atoms with Gasteiger partial charge >= 0.3 is 0 Å². The molecule has 0 radical (unpaired) electrons. The number of rotatable bonds is 7. The second kappa shape index (κ2) is 7.65. The van der Waals surface area contributed by atoms with Crippen molar-refractivity contribution in [3.05, 3.63) is 28.7 Å². The summed E-state index contributed by atoms with van der Waals surface area (Å²) in [6.07, 6.45) is 2.02. The monoisotopic (exact) mass is 286 g/mol. The molecular weight excluding hydrogens is 268 g/mol. The Morgan fingerprint density at radius 3 is 2.81 bits per heavy atom. The standard InChI is InChI=1S/C12H19BrN2O/c1-16-9-10(5-4-8-14)15-12-7-3-2-6-11(12)13/h2-3,6-7,10,15H,4-5,8-9,14H2,1H3. The van der Waals surface area contributed by atoms with Crippen LogP contribution in [0.25, 0.3) is 0 Å². The molecule has 0 saturated heterocycles. The fourth-order valence-corrected chi connectivity index (χ4v) is 1.96. The van der Waals surface area contributed by atoms with E-state index in [4.69, 9.17) is 10.5 Å². The maximum Gasteiger partial charge on any atom is 0.0664 e. The fourth-order valence-electron chi connectivity index (χ4n) is 1.56. The Balaban J connectivity index is 2.56. The molecule has 0 amide bonds. The number of nitrogens with one attached hydrogen (secondary N) is 1. The van der Waals surface area contributed by atoms with Crippen LogP contribution < -0.4 is 11.1 Å². The number of nitrogens with two attached hydrogens (primary N) is 1. The SMILES string of the molecule is COCC(CCCN)Nc1ccccc1Br. The van der Waals surface area contributed by atoms with Gasteiger partial charge in [-0.05, 0) is 47.4 Å². The summed E-state index contributed by atoms with van der Waals surface area (Å²) in [6, 6.07) is 8.40. The zero-order valence-electron chi connectivity index (χ0n) is 9.58. The number of hydrogen-bond acceptors (Lipinski definition) is 3. The predicted molar refractivity (Wildman–Crippen MR) is 71.7 cm³/mol. The van der Waals surface area contributed by atoms with E-state index in [2.05, 4.69) is 27.3 Å². The van der Waals surface area contributed by atoms with Gasteiger partial charge in [0.25, 0.3) is 0 Å². The molecule has 1 aromatic rings. The number of anilines is 1. The molecule has 0 heterocycles. The van der Waals surface area contributed by atoms with Crippen molar-refractivity contribution < 1.29 is 4.74 Å². The molecule has 1 atom stereocenters. The van der Waals surface area contributed by atoms with E-state index in [1.165, 1.54) is 0 Å². The normalized spacial score (nSPS) is 12.4. The van der Waals surface area contributed by atoms with Gasteiger partial charge < -0.3 is 15.8 Å². The van der Waals surface area contributed by atoms with Crippen LogP contribution >= 0.6 is 15.9 Å². The van der Waals surface area contributed by atoms with Crippen molar-refractivity contribution in [2.75, 3.05) is 25.6 Å². The molecule has 16 heavy (non-hydrogen) atoms. The second-order valence-electron chi connectivity index (χ2n) is 3.71. The topological polar surface area (TPSA) is 47.3 Å². The minimum absolute atomic E-state index is 0.312. The number of ether oxygens (including phenoxy) is 1. The molecule has 1 rings (SSSR count). The van der Waals surface area contributed by atoms with Crippen molar-refractivity contribution in [1.82, 2.24) is 0 Å². The first-order valence-corrected chi connectivity index (χ1v) is 6.27. The van der Waals surface area contributed by atoms with Gasteiger partial charge in [-0.15, -0.1) is 0 Å². The van der Waals surface area contributed by atoms with Crippen molar-refractivity contribution in [2.45, 2.75) is 18.9 Å². The van der Waals surface area contributed by atoms with E-state index in [9.17, 15) is 0 Å². The first-order chi connectivity index (χ1) is 7.77. The van der Waals surface area contributed by atoms with E-state index in [1.807, 2.05) is 18.2 Å². The van der Waals surface area contributed by atoms with Gasteiger partial charge in [-0.2, -0.15) is 0 Å².